The zero-order valence-corrected chi connectivity index (χ0v) is 26.7. The lowest BCUT2D eigenvalue weighted by atomic mass is 10.1. The molecule has 2 aliphatic heterocycles. The Morgan fingerprint density at radius 1 is 1.06 bits per heavy atom. The highest BCUT2D eigenvalue weighted by Gasteiger charge is 2.47. The number of aldehydes is 1. The Hall–Kier alpha value is -5.14. The van der Waals surface area contributed by atoms with Crippen LogP contribution >= 0.6 is 0 Å². The van der Waals surface area contributed by atoms with Gasteiger partial charge in [-0.05, 0) is 58.4 Å². The number of hydrogen-bond acceptors (Lipinski definition) is 9. The number of non-ortho nitro benzene ring substituents is 1. The smallest absolute Gasteiger partial charge is 0.435 e. The maximum absolute atomic E-state index is 14.3. The van der Waals surface area contributed by atoms with Gasteiger partial charge in [0, 0.05) is 40.9 Å². The monoisotopic (exact) mass is 641 g/mol. The highest BCUT2D eigenvalue weighted by atomic mass is 16.8. The van der Waals surface area contributed by atoms with Crippen molar-refractivity contribution < 1.29 is 33.5 Å². The Balaban J connectivity index is 1.44. The minimum atomic E-state index is -0.877. The molecule has 0 radical (unpaired) electrons. The predicted molar refractivity (Wildman–Crippen MR) is 172 cm³/mol. The maximum Gasteiger partial charge on any atom is 0.435 e. The molecular weight excluding hydrogens is 606 g/mol. The molecule has 3 heterocycles. The lowest BCUT2D eigenvalue weighted by Gasteiger charge is -2.30. The van der Waals surface area contributed by atoms with Crippen molar-refractivity contribution in [1.82, 2.24) is 14.7 Å². The van der Waals surface area contributed by atoms with E-state index in [-0.39, 0.29) is 31.4 Å². The number of aromatic nitrogens is 2. The normalized spacial score (nSPS) is 19.4. The van der Waals surface area contributed by atoms with Crippen molar-refractivity contribution in [2.24, 2.45) is 0 Å². The second kappa shape index (κ2) is 11.9. The highest BCUT2D eigenvalue weighted by Crippen LogP contribution is 2.36. The lowest BCUT2D eigenvalue weighted by molar-refractivity contribution is -0.384. The van der Waals surface area contributed by atoms with Gasteiger partial charge in [0.2, 0.25) is 0 Å². The minimum Gasteiger partial charge on any atom is -0.442 e. The number of nitro benzene ring substituents is 1. The standard InChI is InChI=1S/C34H35N5O8/c1-33(2,3)47-32(42)38-27-14-13-24(16-26(27)30(35-38)23-11-9-21(20-40)10-12-23)37-19-29-28(45-34(4,5)46-29)18-36(31(37)41)17-22-7-6-8-25(15-22)39(43)44/h6-16,20,28-29H,17-19H2,1-5H3/t28-,29-/m0/s1. The van der Waals surface area contributed by atoms with Crippen LogP contribution in [0.4, 0.5) is 21.0 Å². The molecule has 47 heavy (non-hydrogen) atoms. The largest absolute Gasteiger partial charge is 0.442 e. The highest BCUT2D eigenvalue weighted by molar-refractivity contribution is 6.02. The number of hydrogen-bond donors (Lipinski definition) is 0. The molecule has 2 saturated heterocycles. The summed E-state index contributed by atoms with van der Waals surface area (Å²) in [5.41, 5.74) is 2.35. The fourth-order valence-corrected chi connectivity index (χ4v) is 5.93. The van der Waals surface area contributed by atoms with E-state index < -0.39 is 34.6 Å². The molecule has 3 aromatic carbocycles. The molecule has 2 atom stereocenters. The third-order valence-corrected chi connectivity index (χ3v) is 7.91. The van der Waals surface area contributed by atoms with Gasteiger partial charge in [-0.15, -0.1) is 0 Å². The summed E-state index contributed by atoms with van der Waals surface area (Å²) in [5.74, 6) is -0.877. The van der Waals surface area contributed by atoms with Gasteiger partial charge >= 0.3 is 12.1 Å². The second-order valence-electron chi connectivity index (χ2n) is 13.1. The summed E-state index contributed by atoms with van der Waals surface area (Å²) in [6, 6.07) is 17.9. The van der Waals surface area contributed by atoms with Gasteiger partial charge in [0.1, 0.15) is 29.8 Å². The van der Waals surface area contributed by atoms with Gasteiger partial charge in [0.15, 0.2) is 5.79 Å². The van der Waals surface area contributed by atoms with E-state index in [1.807, 2.05) is 13.8 Å². The molecule has 4 aromatic rings. The summed E-state index contributed by atoms with van der Waals surface area (Å²) in [6.45, 7) is 9.42. The number of carbonyl (C=O) groups excluding carboxylic acids is 3. The molecule has 0 spiro atoms. The Morgan fingerprint density at radius 2 is 1.77 bits per heavy atom. The third-order valence-electron chi connectivity index (χ3n) is 7.91. The van der Waals surface area contributed by atoms with Gasteiger partial charge < -0.3 is 19.1 Å². The van der Waals surface area contributed by atoms with Crippen molar-refractivity contribution in [1.29, 1.82) is 0 Å². The molecule has 0 bridgehead atoms. The van der Waals surface area contributed by atoms with E-state index in [0.717, 1.165) is 6.29 Å². The number of ether oxygens (including phenoxy) is 3. The SMILES string of the molecule is CC(C)(C)OC(=O)n1nc(-c2ccc(C=O)cc2)c2cc(N3C[C@@H]4OC(C)(C)O[C@H]4CN(Cc4cccc([N+](=O)[O-])c4)C3=O)ccc21. The van der Waals surface area contributed by atoms with Crippen LogP contribution in [-0.2, 0) is 20.8 Å². The van der Waals surface area contributed by atoms with Gasteiger partial charge in [0.25, 0.3) is 5.69 Å². The summed E-state index contributed by atoms with van der Waals surface area (Å²) in [7, 11) is 0. The van der Waals surface area contributed by atoms with Gasteiger partial charge in [-0.2, -0.15) is 9.78 Å². The predicted octanol–water partition coefficient (Wildman–Crippen LogP) is 6.17. The van der Waals surface area contributed by atoms with Crippen LogP contribution in [0.2, 0.25) is 0 Å². The fraction of sp³-hybridized carbons (Fsp3) is 0.353. The number of carbonyl (C=O) groups is 3. The van der Waals surface area contributed by atoms with Crippen LogP contribution in [0.5, 0.6) is 0 Å². The van der Waals surface area contributed by atoms with E-state index in [1.165, 1.54) is 16.8 Å². The number of nitrogens with zero attached hydrogens (tertiary/aromatic N) is 5. The molecular formula is C34H35N5O8. The third kappa shape index (κ3) is 6.58. The van der Waals surface area contributed by atoms with Crippen LogP contribution in [0.15, 0.2) is 66.7 Å². The van der Waals surface area contributed by atoms with Crippen molar-refractivity contribution in [3.8, 4) is 11.3 Å². The topological polar surface area (TPSA) is 146 Å². The molecule has 1 aromatic heterocycles. The molecule has 6 rings (SSSR count). The summed E-state index contributed by atoms with van der Waals surface area (Å²) < 4.78 is 19.2. The van der Waals surface area contributed by atoms with E-state index >= 15 is 0 Å². The number of benzene rings is 3. The van der Waals surface area contributed by atoms with Gasteiger partial charge in [-0.3, -0.25) is 19.8 Å². The number of amides is 2. The molecule has 2 aliphatic rings. The Labute approximate surface area is 270 Å². The minimum absolute atomic E-state index is 0.0674. The van der Waals surface area contributed by atoms with Gasteiger partial charge in [0.05, 0.1) is 23.5 Å². The van der Waals surface area contributed by atoms with E-state index in [2.05, 4.69) is 5.10 Å². The van der Waals surface area contributed by atoms with Crippen LogP contribution < -0.4 is 4.90 Å². The summed E-state index contributed by atoms with van der Waals surface area (Å²) in [6.07, 6.45) is -0.822. The molecule has 0 unspecified atom stereocenters. The van der Waals surface area contributed by atoms with Crippen molar-refractivity contribution in [2.75, 3.05) is 18.0 Å². The zero-order valence-electron chi connectivity index (χ0n) is 26.7. The fourth-order valence-electron chi connectivity index (χ4n) is 5.93. The van der Waals surface area contributed by atoms with Crippen molar-refractivity contribution in [3.63, 3.8) is 0 Å². The first-order chi connectivity index (χ1) is 22.2. The van der Waals surface area contributed by atoms with E-state index in [9.17, 15) is 24.5 Å². The van der Waals surface area contributed by atoms with Crippen LogP contribution in [0.1, 0.15) is 50.5 Å². The summed E-state index contributed by atoms with van der Waals surface area (Å²) >= 11 is 0. The number of nitro groups is 1. The molecule has 244 valence electrons. The molecule has 0 N–H and O–H groups in total. The number of urea groups is 1. The summed E-state index contributed by atoms with van der Waals surface area (Å²) in [4.78, 5) is 53.0. The average Bonchev–Trinajstić information content (AvgIpc) is 3.50. The molecule has 13 nitrogen and oxygen atoms in total. The van der Waals surface area contributed by atoms with Crippen molar-refractivity contribution >= 4 is 40.7 Å². The van der Waals surface area contributed by atoms with E-state index in [4.69, 9.17) is 14.2 Å². The van der Waals surface area contributed by atoms with Gasteiger partial charge in [-0.1, -0.05) is 36.4 Å². The Bertz CT molecular complexity index is 1880. The number of fused-ring (bicyclic) bond motifs is 2. The summed E-state index contributed by atoms with van der Waals surface area (Å²) in [5, 5.41) is 16.6. The molecule has 13 heteroatoms. The Morgan fingerprint density at radius 3 is 2.43 bits per heavy atom. The number of anilines is 1. The lowest BCUT2D eigenvalue weighted by Crippen LogP contribution is -2.43. The second-order valence-corrected chi connectivity index (χ2v) is 13.1. The number of rotatable bonds is 6. The van der Waals surface area contributed by atoms with Gasteiger partial charge in [-0.25, -0.2) is 9.59 Å². The molecule has 2 amide bonds. The molecule has 0 aliphatic carbocycles. The molecule has 0 saturated carbocycles. The average molecular weight is 642 g/mol. The van der Waals surface area contributed by atoms with Crippen molar-refractivity contribution in [3.05, 3.63) is 88.0 Å². The molecule has 2 fully saturated rings. The van der Waals surface area contributed by atoms with Crippen LogP contribution in [-0.4, -0.2) is 74.7 Å². The quantitative estimate of drug-likeness (QED) is 0.137. The Kier molecular flexibility index (Phi) is 8.06. The first kappa shape index (κ1) is 31.8. The van der Waals surface area contributed by atoms with E-state index in [0.29, 0.717) is 39.0 Å². The van der Waals surface area contributed by atoms with Crippen molar-refractivity contribution in [2.45, 2.75) is 64.8 Å². The zero-order chi connectivity index (χ0) is 33.7. The maximum atomic E-state index is 14.3. The first-order valence-corrected chi connectivity index (χ1v) is 15.2. The van der Waals surface area contributed by atoms with Crippen LogP contribution in [0.25, 0.3) is 22.2 Å². The van der Waals surface area contributed by atoms with Crippen LogP contribution in [0, 0.1) is 10.1 Å². The first-order valence-electron chi connectivity index (χ1n) is 15.2. The van der Waals surface area contributed by atoms with Crippen LogP contribution in [0.3, 0.4) is 0 Å². The van der Waals surface area contributed by atoms with E-state index in [1.54, 1.807) is 85.2 Å².